The van der Waals surface area contributed by atoms with Crippen molar-refractivity contribution in [2.45, 2.75) is 31.6 Å². The molecule has 1 rings (SSSR count). The van der Waals surface area contributed by atoms with E-state index in [1.807, 2.05) is 26.0 Å². The van der Waals surface area contributed by atoms with Gasteiger partial charge in [-0.05, 0) is 30.0 Å². The molecule has 0 aromatic heterocycles. The minimum Gasteiger partial charge on any atom is -0.219 e. The largest absolute Gasteiger partial charge is 0.219 e. The van der Waals surface area contributed by atoms with E-state index in [1.54, 1.807) is 6.07 Å². The van der Waals surface area contributed by atoms with Gasteiger partial charge in [0.2, 0.25) is 0 Å². The Bertz CT molecular complexity index is 459. The zero-order chi connectivity index (χ0) is 11.5. The monoisotopic (exact) mass is 224 g/mol. The number of hydrogen-bond donors (Lipinski definition) is 0. The third-order valence-electron chi connectivity index (χ3n) is 2.45. The van der Waals surface area contributed by atoms with E-state index in [2.05, 4.69) is 6.58 Å². The van der Waals surface area contributed by atoms with Crippen LogP contribution in [-0.2, 0) is 22.7 Å². The summed E-state index contributed by atoms with van der Waals surface area (Å²) in [5.41, 5.74) is 1.89. The highest BCUT2D eigenvalue weighted by Crippen LogP contribution is 2.20. The van der Waals surface area contributed by atoms with E-state index in [0.717, 1.165) is 23.0 Å². The first-order valence-electron chi connectivity index (χ1n) is 5.04. The minimum absolute atomic E-state index is 0.402. The Morgan fingerprint density at radius 2 is 1.93 bits per heavy atom. The van der Waals surface area contributed by atoms with Gasteiger partial charge in [0.1, 0.15) is 0 Å². The number of aryl methyl sites for hydroxylation is 2. The molecule has 0 amide bonds. The Hall–Kier alpha value is -1.09. The van der Waals surface area contributed by atoms with E-state index in [0.29, 0.717) is 11.3 Å². The van der Waals surface area contributed by atoms with Crippen LogP contribution < -0.4 is 0 Å². The molecule has 3 heteroatoms. The maximum atomic E-state index is 11.7. The predicted octanol–water partition coefficient (Wildman–Crippen LogP) is 2.73. The van der Waals surface area contributed by atoms with E-state index in [-0.39, 0.29) is 0 Å². The summed E-state index contributed by atoms with van der Waals surface area (Å²) in [6.45, 7) is 7.30. The summed E-state index contributed by atoms with van der Waals surface area (Å²) in [6, 6.07) is 5.60. The fraction of sp³-hybridized carbons (Fsp3) is 0.333. The Labute approximate surface area is 91.6 Å². The van der Waals surface area contributed by atoms with E-state index >= 15 is 0 Å². The molecule has 0 aliphatic carbocycles. The summed E-state index contributed by atoms with van der Waals surface area (Å²) >= 11 is 0. The lowest BCUT2D eigenvalue weighted by molar-refractivity contribution is 0.603. The van der Waals surface area contributed by atoms with Crippen molar-refractivity contribution < 1.29 is 8.42 Å². The molecule has 0 heterocycles. The first kappa shape index (κ1) is 12.0. The van der Waals surface area contributed by atoms with Gasteiger partial charge >= 0.3 is 0 Å². The van der Waals surface area contributed by atoms with Crippen molar-refractivity contribution in [2.75, 3.05) is 0 Å². The molecule has 2 nitrogen and oxygen atoms in total. The highest BCUT2D eigenvalue weighted by molar-refractivity contribution is 7.94. The molecule has 0 radical (unpaired) electrons. The van der Waals surface area contributed by atoms with Crippen LogP contribution in [0, 0.1) is 0 Å². The van der Waals surface area contributed by atoms with Gasteiger partial charge in [0.15, 0.2) is 9.84 Å². The Morgan fingerprint density at radius 3 is 2.40 bits per heavy atom. The van der Waals surface area contributed by atoms with Crippen LogP contribution >= 0.6 is 0 Å². The molecule has 0 aliphatic heterocycles. The van der Waals surface area contributed by atoms with Crippen LogP contribution in [0.5, 0.6) is 0 Å². The van der Waals surface area contributed by atoms with E-state index in [1.165, 1.54) is 0 Å². The average Bonchev–Trinajstić information content (AvgIpc) is 2.28. The van der Waals surface area contributed by atoms with Gasteiger partial charge in [-0.2, -0.15) is 0 Å². The molecule has 0 bridgehead atoms. The van der Waals surface area contributed by atoms with E-state index in [9.17, 15) is 8.42 Å². The van der Waals surface area contributed by atoms with Gasteiger partial charge in [0, 0.05) is 5.41 Å². The molecule has 82 valence electrons. The highest BCUT2D eigenvalue weighted by Gasteiger charge is 2.14. The second kappa shape index (κ2) is 4.62. The molecule has 15 heavy (non-hydrogen) atoms. The number of sulfone groups is 1. The van der Waals surface area contributed by atoms with Crippen LogP contribution in [0.15, 0.2) is 35.1 Å². The lowest BCUT2D eigenvalue weighted by atomic mass is 10.1. The summed E-state index contributed by atoms with van der Waals surface area (Å²) in [4.78, 5) is 0.402. The van der Waals surface area contributed by atoms with E-state index in [4.69, 9.17) is 0 Å². The lowest BCUT2D eigenvalue weighted by Crippen LogP contribution is -2.01. The minimum atomic E-state index is -3.31. The topological polar surface area (TPSA) is 34.1 Å². The molecule has 0 aliphatic rings. The summed E-state index contributed by atoms with van der Waals surface area (Å²) in [5, 5.41) is 1.01. The van der Waals surface area contributed by atoms with Crippen LogP contribution in [0.25, 0.3) is 0 Å². The van der Waals surface area contributed by atoms with Crippen LogP contribution in [0.1, 0.15) is 25.0 Å². The van der Waals surface area contributed by atoms with Crippen molar-refractivity contribution in [3.63, 3.8) is 0 Å². The van der Waals surface area contributed by atoms with Crippen molar-refractivity contribution in [2.24, 2.45) is 0 Å². The third-order valence-corrected chi connectivity index (χ3v) is 3.88. The van der Waals surface area contributed by atoms with Gasteiger partial charge in [-0.1, -0.05) is 32.6 Å². The van der Waals surface area contributed by atoms with Gasteiger partial charge in [0.25, 0.3) is 0 Å². The van der Waals surface area contributed by atoms with Crippen molar-refractivity contribution in [1.82, 2.24) is 0 Å². The number of benzene rings is 1. The molecule has 0 unspecified atom stereocenters. The van der Waals surface area contributed by atoms with Crippen LogP contribution in [-0.4, -0.2) is 8.42 Å². The molecule has 0 N–H and O–H groups in total. The summed E-state index contributed by atoms with van der Waals surface area (Å²) in [6.07, 6.45) is 1.55. The fourth-order valence-corrected chi connectivity index (χ4v) is 2.54. The summed E-state index contributed by atoms with van der Waals surface area (Å²) in [5.74, 6) is 0. The zero-order valence-corrected chi connectivity index (χ0v) is 9.97. The molecule has 0 spiro atoms. The molecular formula is C12H16O2S. The maximum absolute atomic E-state index is 11.7. The SMILES string of the molecule is C=CS(=O)(=O)c1cc(CC)ccc1CC. The van der Waals surface area contributed by atoms with Gasteiger partial charge in [-0.25, -0.2) is 8.42 Å². The Balaban J connectivity index is 3.43. The summed E-state index contributed by atoms with van der Waals surface area (Å²) in [7, 11) is -3.31. The molecule has 0 saturated carbocycles. The van der Waals surface area contributed by atoms with Crippen LogP contribution in [0.2, 0.25) is 0 Å². The smallest absolute Gasteiger partial charge is 0.199 e. The predicted molar refractivity (Wildman–Crippen MR) is 62.6 cm³/mol. The highest BCUT2D eigenvalue weighted by atomic mass is 32.2. The number of hydrogen-bond acceptors (Lipinski definition) is 2. The maximum Gasteiger partial charge on any atom is 0.199 e. The van der Waals surface area contributed by atoms with Gasteiger partial charge in [-0.15, -0.1) is 0 Å². The Kier molecular flexibility index (Phi) is 3.69. The van der Waals surface area contributed by atoms with Crippen molar-refractivity contribution >= 4 is 9.84 Å². The van der Waals surface area contributed by atoms with Crippen LogP contribution in [0.3, 0.4) is 0 Å². The second-order valence-electron chi connectivity index (χ2n) is 3.36. The van der Waals surface area contributed by atoms with E-state index < -0.39 is 9.84 Å². The third kappa shape index (κ3) is 2.48. The van der Waals surface area contributed by atoms with Gasteiger partial charge in [-0.3, -0.25) is 0 Å². The lowest BCUT2D eigenvalue weighted by Gasteiger charge is -2.08. The molecular weight excluding hydrogens is 208 g/mol. The molecule has 1 aromatic rings. The van der Waals surface area contributed by atoms with Gasteiger partial charge < -0.3 is 0 Å². The fourth-order valence-electron chi connectivity index (χ4n) is 1.47. The number of rotatable bonds is 4. The molecule has 0 saturated heterocycles. The average molecular weight is 224 g/mol. The van der Waals surface area contributed by atoms with Crippen molar-refractivity contribution in [1.29, 1.82) is 0 Å². The second-order valence-corrected chi connectivity index (χ2v) is 5.22. The zero-order valence-electron chi connectivity index (χ0n) is 9.16. The quantitative estimate of drug-likeness (QED) is 0.788. The molecule has 1 aromatic carbocycles. The standard InChI is InChI=1S/C12H16O2S/c1-4-10-7-8-11(5-2)12(9-10)15(13,14)6-3/h6-9H,3-5H2,1-2H3. The van der Waals surface area contributed by atoms with Crippen LogP contribution in [0.4, 0.5) is 0 Å². The Morgan fingerprint density at radius 1 is 1.27 bits per heavy atom. The summed E-state index contributed by atoms with van der Waals surface area (Å²) < 4.78 is 23.5. The van der Waals surface area contributed by atoms with Gasteiger partial charge in [0.05, 0.1) is 4.90 Å². The van der Waals surface area contributed by atoms with Crippen molar-refractivity contribution in [3.05, 3.63) is 41.3 Å². The molecule has 0 atom stereocenters. The molecule has 0 fully saturated rings. The normalized spacial score (nSPS) is 11.3. The first-order chi connectivity index (χ1) is 7.05. The first-order valence-corrected chi connectivity index (χ1v) is 6.59. The van der Waals surface area contributed by atoms with Crippen molar-refractivity contribution in [3.8, 4) is 0 Å².